The van der Waals surface area contributed by atoms with Crippen LogP contribution in [0.15, 0.2) is 54.6 Å². The molecule has 0 spiro atoms. The van der Waals surface area contributed by atoms with Crippen LogP contribution in [0.5, 0.6) is 0 Å². The van der Waals surface area contributed by atoms with Crippen LogP contribution in [0.4, 0.5) is 5.69 Å². The van der Waals surface area contributed by atoms with E-state index < -0.39 is 0 Å². The third kappa shape index (κ3) is 5.95. The van der Waals surface area contributed by atoms with Crippen molar-refractivity contribution in [1.82, 2.24) is 5.32 Å². The fourth-order valence-electron chi connectivity index (χ4n) is 2.65. The average molecular weight is 340 g/mol. The lowest BCUT2D eigenvalue weighted by Crippen LogP contribution is -2.29. The smallest absolute Gasteiger partial charge is 0.305 e. The highest BCUT2D eigenvalue weighted by molar-refractivity contribution is 5.77. The molecule has 0 saturated heterocycles. The van der Waals surface area contributed by atoms with Crippen molar-refractivity contribution >= 4 is 17.6 Å². The second-order valence-electron chi connectivity index (χ2n) is 5.84. The number of anilines is 1. The van der Waals surface area contributed by atoms with Crippen LogP contribution in [-0.4, -0.2) is 19.0 Å². The third-order valence-corrected chi connectivity index (χ3v) is 4.08. The van der Waals surface area contributed by atoms with Crippen LogP contribution in [-0.2, 0) is 20.7 Å². The molecule has 2 rings (SSSR count). The fraction of sp³-hybridized carbons (Fsp3) is 0.300. The number of para-hydroxylation sites is 1. The first-order valence-corrected chi connectivity index (χ1v) is 8.34. The van der Waals surface area contributed by atoms with Crippen molar-refractivity contribution in [2.24, 2.45) is 0 Å². The van der Waals surface area contributed by atoms with Gasteiger partial charge >= 0.3 is 5.97 Å². The fourth-order valence-corrected chi connectivity index (χ4v) is 2.65. The molecule has 0 aliphatic rings. The Bertz CT molecular complexity index is 701. The van der Waals surface area contributed by atoms with Gasteiger partial charge in [-0.15, -0.1) is 0 Å². The summed E-state index contributed by atoms with van der Waals surface area (Å²) >= 11 is 0. The van der Waals surface area contributed by atoms with Gasteiger partial charge in [0, 0.05) is 18.5 Å². The minimum absolute atomic E-state index is 0.0676. The van der Waals surface area contributed by atoms with Gasteiger partial charge in [-0.3, -0.25) is 9.59 Å². The van der Waals surface area contributed by atoms with Gasteiger partial charge < -0.3 is 15.8 Å². The van der Waals surface area contributed by atoms with E-state index in [1.54, 1.807) is 0 Å². The molecule has 1 atom stereocenters. The van der Waals surface area contributed by atoms with E-state index in [1.165, 1.54) is 7.11 Å². The monoisotopic (exact) mass is 340 g/mol. The maximum Gasteiger partial charge on any atom is 0.305 e. The SMILES string of the molecule is COC(=O)CCC(NC(=O)CCc1ccccc1N)c1ccccc1. The molecule has 0 aromatic heterocycles. The number of benzene rings is 2. The van der Waals surface area contributed by atoms with Gasteiger partial charge in [-0.2, -0.15) is 0 Å². The highest BCUT2D eigenvalue weighted by Crippen LogP contribution is 2.19. The summed E-state index contributed by atoms with van der Waals surface area (Å²) in [5.74, 6) is -0.353. The van der Waals surface area contributed by atoms with Gasteiger partial charge in [0.25, 0.3) is 0 Å². The predicted octanol–water partition coefficient (Wildman–Crippen LogP) is 3.01. The molecule has 25 heavy (non-hydrogen) atoms. The number of hydrogen-bond donors (Lipinski definition) is 2. The van der Waals surface area contributed by atoms with Crippen molar-refractivity contribution < 1.29 is 14.3 Å². The van der Waals surface area contributed by atoms with Gasteiger partial charge in [0.2, 0.25) is 5.91 Å². The Morgan fingerprint density at radius 3 is 2.40 bits per heavy atom. The number of nitrogen functional groups attached to an aromatic ring is 1. The molecule has 0 saturated carbocycles. The molecule has 3 N–H and O–H groups in total. The molecular weight excluding hydrogens is 316 g/mol. The number of esters is 1. The first-order valence-electron chi connectivity index (χ1n) is 8.34. The van der Waals surface area contributed by atoms with Gasteiger partial charge in [0.05, 0.1) is 13.2 Å². The lowest BCUT2D eigenvalue weighted by Gasteiger charge is -2.19. The molecule has 2 aromatic rings. The molecule has 2 aromatic carbocycles. The number of carbonyl (C=O) groups excluding carboxylic acids is 2. The highest BCUT2D eigenvalue weighted by atomic mass is 16.5. The summed E-state index contributed by atoms with van der Waals surface area (Å²) in [6, 6.07) is 16.9. The Morgan fingerprint density at radius 1 is 1.04 bits per heavy atom. The molecular formula is C20H24N2O3. The van der Waals surface area contributed by atoms with E-state index in [-0.39, 0.29) is 24.3 Å². The molecule has 0 fully saturated rings. The Balaban J connectivity index is 1.96. The van der Waals surface area contributed by atoms with E-state index in [0.717, 1.165) is 11.1 Å². The maximum atomic E-state index is 12.4. The Hall–Kier alpha value is -2.82. The molecule has 5 nitrogen and oxygen atoms in total. The molecule has 1 amide bonds. The van der Waals surface area contributed by atoms with Crippen LogP contribution in [0.1, 0.15) is 36.4 Å². The number of aryl methyl sites for hydroxylation is 1. The van der Waals surface area contributed by atoms with Gasteiger partial charge in [-0.05, 0) is 30.0 Å². The first kappa shape index (κ1) is 18.5. The summed E-state index contributed by atoms with van der Waals surface area (Å²) in [6.45, 7) is 0. The summed E-state index contributed by atoms with van der Waals surface area (Å²) in [5, 5.41) is 3.01. The summed E-state index contributed by atoms with van der Waals surface area (Å²) < 4.78 is 4.69. The van der Waals surface area contributed by atoms with E-state index in [9.17, 15) is 9.59 Å². The summed E-state index contributed by atoms with van der Waals surface area (Å²) in [7, 11) is 1.36. The van der Waals surface area contributed by atoms with Crippen LogP contribution in [0, 0.1) is 0 Å². The quantitative estimate of drug-likeness (QED) is 0.572. The minimum Gasteiger partial charge on any atom is -0.469 e. The van der Waals surface area contributed by atoms with E-state index in [2.05, 4.69) is 5.32 Å². The highest BCUT2D eigenvalue weighted by Gasteiger charge is 2.16. The zero-order chi connectivity index (χ0) is 18.1. The average Bonchev–Trinajstić information content (AvgIpc) is 2.64. The zero-order valence-electron chi connectivity index (χ0n) is 14.4. The molecule has 0 radical (unpaired) electrons. The second-order valence-corrected chi connectivity index (χ2v) is 5.84. The molecule has 0 heterocycles. The summed E-state index contributed by atoms with van der Waals surface area (Å²) in [4.78, 5) is 23.8. The molecule has 5 heteroatoms. The van der Waals surface area contributed by atoms with Crippen LogP contribution in [0.25, 0.3) is 0 Å². The molecule has 0 bridgehead atoms. The Morgan fingerprint density at radius 2 is 1.72 bits per heavy atom. The van der Waals surface area contributed by atoms with Crippen molar-refractivity contribution in [1.29, 1.82) is 0 Å². The van der Waals surface area contributed by atoms with Crippen molar-refractivity contribution in [3.63, 3.8) is 0 Å². The van der Waals surface area contributed by atoms with Crippen LogP contribution in [0.3, 0.4) is 0 Å². The molecule has 132 valence electrons. The normalized spacial score (nSPS) is 11.6. The number of nitrogens with two attached hydrogens (primary N) is 1. The molecule has 1 unspecified atom stereocenters. The van der Waals surface area contributed by atoms with Crippen LogP contribution < -0.4 is 11.1 Å². The third-order valence-electron chi connectivity index (χ3n) is 4.08. The number of ether oxygens (including phenoxy) is 1. The molecule has 0 aliphatic carbocycles. The lowest BCUT2D eigenvalue weighted by molar-refractivity contribution is -0.141. The van der Waals surface area contributed by atoms with Crippen molar-refractivity contribution in [3.05, 3.63) is 65.7 Å². The number of methoxy groups -OCH3 is 1. The summed E-state index contributed by atoms with van der Waals surface area (Å²) in [5.41, 5.74) is 8.54. The van der Waals surface area contributed by atoms with Crippen molar-refractivity contribution in [2.75, 3.05) is 12.8 Å². The lowest BCUT2D eigenvalue weighted by atomic mass is 10.0. The Kier molecular flexibility index (Phi) is 7.01. The number of carbonyl (C=O) groups is 2. The summed E-state index contributed by atoms with van der Waals surface area (Å²) in [6.07, 6.45) is 1.67. The van der Waals surface area contributed by atoms with Crippen molar-refractivity contribution in [2.45, 2.75) is 31.7 Å². The van der Waals surface area contributed by atoms with E-state index in [1.807, 2.05) is 54.6 Å². The first-order chi connectivity index (χ1) is 12.1. The largest absolute Gasteiger partial charge is 0.469 e. The second kappa shape index (κ2) is 9.47. The van der Waals surface area contributed by atoms with E-state index in [4.69, 9.17) is 10.5 Å². The Labute approximate surface area is 148 Å². The minimum atomic E-state index is -0.285. The maximum absolute atomic E-state index is 12.4. The van der Waals surface area contributed by atoms with Gasteiger partial charge in [-0.1, -0.05) is 48.5 Å². The van der Waals surface area contributed by atoms with Gasteiger partial charge in [0.1, 0.15) is 0 Å². The number of rotatable bonds is 8. The van der Waals surface area contributed by atoms with E-state index in [0.29, 0.717) is 24.9 Å². The van der Waals surface area contributed by atoms with Crippen LogP contribution in [0.2, 0.25) is 0 Å². The number of amides is 1. The van der Waals surface area contributed by atoms with Gasteiger partial charge in [-0.25, -0.2) is 0 Å². The van der Waals surface area contributed by atoms with E-state index >= 15 is 0 Å². The van der Waals surface area contributed by atoms with Gasteiger partial charge in [0.15, 0.2) is 0 Å². The van der Waals surface area contributed by atoms with Crippen molar-refractivity contribution in [3.8, 4) is 0 Å². The zero-order valence-corrected chi connectivity index (χ0v) is 14.4. The molecule has 0 aliphatic heterocycles. The number of hydrogen-bond acceptors (Lipinski definition) is 4. The predicted molar refractivity (Wildman–Crippen MR) is 97.8 cm³/mol. The number of nitrogens with one attached hydrogen (secondary N) is 1. The standard InChI is InChI=1S/C20H24N2O3/c1-25-20(24)14-12-18(16-8-3-2-4-9-16)22-19(23)13-11-15-7-5-6-10-17(15)21/h2-10,18H,11-14,21H2,1H3,(H,22,23). The topological polar surface area (TPSA) is 81.4 Å². The van der Waals surface area contributed by atoms with Crippen LogP contribution >= 0.6 is 0 Å².